The zero-order valence-electron chi connectivity index (χ0n) is 15.9. The second-order valence-electron chi connectivity index (χ2n) is 6.08. The minimum absolute atomic E-state index is 0. The van der Waals surface area contributed by atoms with E-state index < -0.39 is 11.5 Å². The number of aliphatic hydroxyl groups is 1. The summed E-state index contributed by atoms with van der Waals surface area (Å²) in [5.41, 5.74) is 1.43. The summed E-state index contributed by atoms with van der Waals surface area (Å²) in [6.07, 6.45) is 2.13. The highest BCUT2D eigenvalue weighted by Gasteiger charge is 2.07. The van der Waals surface area contributed by atoms with Crippen LogP contribution < -0.4 is 5.11 Å². The van der Waals surface area contributed by atoms with Crippen LogP contribution in [0.5, 0.6) is 0 Å². The maximum Gasteiger partial charge on any atom is 1.00 e. The molecule has 0 aliphatic heterocycles. The molecule has 4 nitrogen and oxygen atoms in total. The molecule has 0 aliphatic carbocycles. The maximum absolute atomic E-state index is 12.4. The largest absolute Gasteiger partial charge is 1.00 e. The molecule has 0 heterocycles. The van der Waals surface area contributed by atoms with E-state index in [0.717, 1.165) is 12.2 Å². The highest BCUT2D eigenvalue weighted by molar-refractivity contribution is 6.08. The Balaban J connectivity index is 0.00000300. The second kappa shape index (κ2) is 8.64. The van der Waals surface area contributed by atoms with Gasteiger partial charge in [-0.25, -0.2) is 0 Å². The number of benzene rings is 3. The predicted molar refractivity (Wildman–Crippen MR) is 108 cm³/mol. The highest BCUT2D eigenvalue weighted by Crippen LogP contribution is 2.18. The zero-order chi connectivity index (χ0) is 19.9. The van der Waals surface area contributed by atoms with E-state index in [4.69, 9.17) is 0 Å². The van der Waals surface area contributed by atoms with E-state index in [1.807, 2.05) is 0 Å². The van der Waals surface area contributed by atoms with E-state index >= 15 is 0 Å². The number of hydrogen-bond donors (Lipinski definition) is 1. The van der Waals surface area contributed by atoms with Crippen LogP contribution in [0.2, 0.25) is 0 Å². The van der Waals surface area contributed by atoms with Crippen molar-refractivity contribution in [2.75, 3.05) is 0 Å². The van der Waals surface area contributed by atoms with Gasteiger partial charge < -0.3 is 10.2 Å². The summed E-state index contributed by atoms with van der Waals surface area (Å²) in [6, 6.07) is 23.2. The van der Waals surface area contributed by atoms with Crippen molar-refractivity contribution in [3.8, 4) is 0 Å². The third-order valence-electron chi connectivity index (χ3n) is 4.09. The topological polar surface area (TPSA) is 77.4 Å². The Morgan fingerprint density at radius 3 is 1.71 bits per heavy atom. The van der Waals surface area contributed by atoms with Crippen molar-refractivity contribution in [1.82, 2.24) is 0 Å². The lowest BCUT2D eigenvalue weighted by molar-refractivity contribution is -0.243. The Morgan fingerprint density at radius 2 is 1.14 bits per heavy atom. The minimum Gasteiger partial charge on any atom is -0.872 e. The smallest absolute Gasteiger partial charge is 0.872 e. The van der Waals surface area contributed by atoms with E-state index in [1.165, 1.54) is 6.07 Å². The van der Waals surface area contributed by atoms with Crippen molar-refractivity contribution in [2.24, 2.45) is 0 Å². The molecule has 0 aromatic heterocycles. The fourth-order valence-electron chi connectivity index (χ4n) is 2.61. The molecule has 0 radical (unpaired) electrons. The first-order chi connectivity index (χ1) is 13.5. The first-order valence-electron chi connectivity index (χ1n) is 8.63. The van der Waals surface area contributed by atoms with Crippen molar-refractivity contribution in [3.63, 3.8) is 0 Å². The Bertz CT molecular complexity index is 972. The van der Waals surface area contributed by atoms with Crippen LogP contribution in [0, 0.1) is 0 Å². The van der Waals surface area contributed by atoms with Gasteiger partial charge in [0.15, 0.2) is 11.6 Å². The molecule has 138 valence electrons. The van der Waals surface area contributed by atoms with Gasteiger partial charge in [0.25, 0.3) is 0 Å². The SMILES string of the molecule is O=C(/C=C(\[O-])c1cccc(/C(O)=C/C(=O)c2ccccc2)c1)c1ccccc1.[H+]. The highest BCUT2D eigenvalue weighted by atomic mass is 16.3. The molecule has 28 heavy (non-hydrogen) atoms. The van der Waals surface area contributed by atoms with Crippen molar-refractivity contribution in [1.29, 1.82) is 0 Å². The fourth-order valence-corrected chi connectivity index (χ4v) is 2.61. The van der Waals surface area contributed by atoms with Gasteiger partial charge >= 0.3 is 1.43 Å². The number of rotatable bonds is 6. The van der Waals surface area contributed by atoms with Gasteiger partial charge in [-0.3, -0.25) is 9.59 Å². The average molecular weight is 370 g/mol. The molecule has 0 aliphatic rings. The van der Waals surface area contributed by atoms with Crippen LogP contribution in [-0.2, 0) is 0 Å². The van der Waals surface area contributed by atoms with Crippen molar-refractivity contribution in [3.05, 3.63) is 119 Å². The molecule has 0 amide bonds. The summed E-state index contributed by atoms with van der Waals surface area (Å²) < 4.78 is 0. The normalized spacial score (nSPS) is 11.9. The van der Waals surface area contributed by atoms with E-state index in [1.54, 1.807) is 78.9 Å². The molecule has 0 atom stereocenters. The van der Waals surface area contributed by atoms with Crippen LogP contribution in [0.3, 0.4) is 0 Å². The predicted octanol–water partition coefficient (Wildman–Crippen LogP) is 4.17. The zero-order valence-corrected chi connectivity index (χ0v) is 14.9. The summed E-state index contributed by atoms with van der Waals surface area (Å²) in [5.74, 6) is -1.47. The summed E-state index contributed by atoms with van der Waals surface area (Å²) in [4.78, 5) is 24.4. The third kappa shape index (κ3) is 4.62. The maximum atomic E-state index is 12.4. The Hall–Kier alpha value is -3.92. The van der Waals surface area contributed by atoms with Gasteiger partial charge in [0.1, 0.15) is 5.76 Å². The first kappa shape index (κ1) is 18.9. The summed E-state index contributed by atoms with van der Waals surface area (Å²) in [6.45, 7) is 0. The average Bonchev–Trinajstić information content (AvgIpc) is 2.75. The number of aliphatic hydroxyl groups excluding tert-OH is 1. The molecule has 0 unspecified atom stereocenters. The molecule has 0 spiro atoms. The van der Waals surface area contributed by atoms with Crippen LogP contribution in [0.1, 0.15) is 33.3 Å². The Labute approximate surface area is 164 Å². The standard InChI is InChI=1S/C24H18O4/c25-21(17-8-3-1-4-9-17)15-23(27)19-12-7-13-20(14-19)24(28)16-22(26)18-10-5-2-6-11-18/h1-16,27-28H/b23-15-,24-16-. The van der Waals surface area contributed by atoms with Gasteiger partial charge in [0.2, 0.25) is 0 Å². The molecular weight excluding hydrogens is 352 g/mol. The lowest BCUT2D eigenvalue weighted by atomic mass is 10.0. The molecule has 0 fully saturated rings. The van der Waals surface area contributed by atoms with E-state index in [0.29, 0.717) is 16.7 Å². The van der Waals surface area contributed by atoms with Crippen LogP contribution in [-0.4, -0.2) is 16.7 Å². The quantitative estimate of drug-likeness (QED) is 0.401. The van der Waals surface area contributed by atoms with Crippen molar-refractivity contribution >= 4 is 23.1 Å². The first-order valence-corrected chi connectivity index (χ1v) is 8.63. The van der Waals surface area contributed by atoms with Gasteiger partial charge in [-0.05, 0) is 17.7 Å². The molecule has 0 saturated heterocycles. The van der Waals surface area contributed by atoms with E-state index in [-0.39, 0.29) is 18.5 Å². The molecule has 3 aromatic rings. The monoisotopic (exact) mass is 370 g/mol. The lowest BCUT2D eigenvalue weighted by Crippen LogP contribution is -2.06. The molecule has 0 bridgehead atoms. The van der Waals surface area contributed by atoms with Crippen LogP contribution in [0.25, 0.3) is 11.5 Å². The molecular formula is C24H18O4. The molecule has 1 N–H and O–H groups in total. The fraction of sp³-hybridized carbons (Fsp3) is 0. The van der Waals surface area contributed by atoms with E-state index in [2.05, 4.69) is 0 Å². The minimum atomic E-state index is -0.474. The Kier molecular flexibility index (Phi) is 5.82. The molecule has 3 rings (SSSR count). The second-order valence-corrected chi connectivity index (χ2v) is 6.08. The number of hydrogen-bond acceptors (Lipinski definition) is 4. The summed E-state index contributed by atoms with van der Waals surface area (Å²) in [5, 5.41) is 22.7. The number of carbonyl (C=O) groups is 2. The van der Waals surface area contributed by atoms with Gasteiger partial charge in [0, 0.05) is 22.8 Å². The van der Waals surface area contributed by atoms with Crippen molar-refractivity contribution in [2.45, 2.75) is 0 Å². The van der Waals surface area contributed by atoms with Crippen LogP contribution >= 0.6 is 0 Å². The summed E-state index contributed by atoms with van der Waals surface area (Å²) >= 11 is 0. The molecule has 4 heteroatoms. The van der Waals surface area contributed by atoms with E-state index in [9.17, 15) is 19.8 Å². The van der Waals surface area contributed by atoms with Gasteiger partial charge in [0.05, 0.1) is 0 Å². The lowest BCUT2D eigenvalue weighted by Gasteiger charge is -2.13. The molecule has 0 saturated carbocycles. The summed E-state index contributed by atoms with van der Waals surface area (Å²) in [7, 11) is 0. The van der Waals surface area contributed by atoms with Crippen LogP contribution in [0.15, 0.2) is 97.1 Å². The van der Waals surface area contributed by atoms with Gasteiger partial charge in [-0.1, -0.05) is 84.6 Å². The number of ketones is 2. The molecule has 3 aromatic carbocycles. The van der Waals surface area contributed by atoms with Crippen molar-refractivity contribution < 1.29 is 21.2 Å². The van der Waals surface area contributed by atoms with Crippen LogP contribution in [0.4, 0.5) is 0 Å². The third-order valence-corrected chi connectivity index (χ3v) is 4.09. The number of carbonyl (C=O) groups excluding carboxylic acids is 2. The Morgan fingerprint density at radius 1 is 0.679 bits per heavy atom. The van der Waals surface area contributed by atoms with Gasteiger partial charge in [-0.2, -0.15) is 0 Å². The number of allylic oxidation sites excluding steroid dienone is 2. The van der Waals surface area contributed by atoms with Gasteiger partial charge in [-0.15, -0.1) is 0 Å².